The van der Waals surface area contributed by atoms with E-state index in [1.54, 1.807) is 24.3 Å². The molecule has 2 aromatic rings. The number of benzene rings is 2. The molecule has 0 atom stereocenters. The van der Waals surface area contributed by atoms with Gasteiger partial charge in [-0.05, 0) is 50.2 Å². The van der Waals surface area contributed by atoms with E-state index in [2.05, 4.69) is 15.8 Å². The molecule has 0 saturated heterocycles. The monoisotopic (exact) mass is 374 g/mol. The van der Waals surface area contributed by atoms with Gasteiger partial charge >= 0.3 is 5.69 Å². The second-order valence-electron chi connectivity index (χ2n) is 5.55. The zero-order valence-electron chi connectivity index (χ0n) is 14.9. The molecule has 0 heterocycles. The van der Waals surface area contributed by atoms with Gasteiger partial charge in [-0.3, -0.25) is 30.6 Å². The topological polar surface area (TPSA) is 105 Å². The van der Waals surface area contributed by atoms with E-state index in [-0.39, 0.29) is 5.56 Å². The lowest BCUT2D eigenvalue weighted by Crippen LogP contribution is -2.41. The minimum Gasteiger partial charge on any atom is -0.372 e. The Labute approximate surface area is 155 Å². The van der Waals surface area contributed by atoms with Crippen LogP contribution in [0.15, 0.2) is 42.5 Å². The van der Waals surface area contributed by atoms with E-state index in [1.165, 1.54) is 0 Å². The van der Waals surface area contributed by atoms with Crippen molar-refractivity contribution in [3.63, 3.8) is 0 Å². The van der Waals surface area contributed by atoms with Gasteiger partial charge in [-0.15, -0.1) is 0 Å². The van der Waals surface area contributed by atoms with Crippen molar-refractivity contribution in [3.8, 4) is 0 Å². The lowest BCUT2D eigenvalue weighted by Gasteiger charge is -2.21. The summed E-state index contributed by atoms with van der Waals surface area (Å²) in [4.78, 5) is 36.0. The van der Waals surface area contributed by atoms with Crippen molar-refractivity contribution < 1.29 is 18.9 Å². The van der Waals surface area contributed by atoms with Gasteiger partial charge in [0, 0.05) is 36.0 Å². The van der Waals surface area contributed by atoms with E-state index in [1.807, 2.05) is 13.8 Å². The van der Waals surface area contributed by atoms with Crippen LogP contribution in [-0.2, 0) is 0 Å². The van der Waals surface area contributed by atoms with Crippen molar-refractivity contribution in [2.24, 2.45) is 0 Å². The third-order valence-electron chi connectivity index (χ3n) is 3.95. The number of anilines is 1. The van der Waals surface area contributed by atoms with Crippen molar-refractivity contribution in [2.45, 2.75) is 13.8 Å². The first-order valence-corrected chi connectivity index (χ1v) is 8.27. The standard InChI is InChI=1S/C18H19FN4O4/c1-3-22(4-2)14-8-5-12(6-9-14)17(24)20-21-18(25)13-7-10-15(19)16(11-13)23(26)27/h5-11H,3-4H2,1-2H3,(H,20,24)(H,21,25). The van der Waals surface area contributed by atoms with Crippen molar-refractivity contribution in [1.29, 1.82) is 0 Å². The molecular formula is C18H19FN4O4. The molecule has 2 amide bonds. The minimum absolute atomic E-state index is 0.153. The summed E-state index contributed by atoms with van der Waals surface area (Å²) in [6, 6.07) is 9.55. The number of nitro benzene ring substituents is 1. The summed E-state index contributed by atoms with van der Waals surface area (Å²) in [5, 5.41) is 10.7. The molecule has 0 aliphatic carbocycles. The fourth-order valence-corrected chi connectivity index (χ4v) is 2.46. The molecule has 2 N–H and O–H groups in total. The lowest BCUT2D eigenvalue weighted by atomic mass is 10.2. The number of halogens is 1. The van der Waals surface area contributed by atoms with Gasteiger partial charge in [0.25, 0.3) is 11.8 Å². The predicted octanol–water partition coefficient (Wildman–Crippen LogP) is 2.65. The number of amides is 2. The van der Waals surface area contributed by atoms with Crippen LogP contribution < -0.4 is 15.8 Å². The number of nitro groups is 1. The van der Waals surface area contributed by atoms with Crippen LogP contribution in [0.5, 0.6) is 0 Å². The molecule has 2 rings (SSSR count). The van der Waals surface area contributed by atoms with E-state index in [0.29, 0.717) is 5.56 Å². The zero-order valence-corrected chi connectivity index (χ0v) is 14.9. The number of hydrogen-bond donors (Lipinski definition) is 2. The summed E-state index contributed by atoms with van der Waals surface area (Å²) in [5.74, 6) is -2.40. The van der Waals surface area contributed by atoms with E-state index in [0.717, 1.165) is 37.0 Å². The molecule has 0 aromatic heterocycles. The van der Waals surface area contributed by atoms with Crippen LogP contribution >= 0.6 is 0 Å². The Morgan fingerprint density at radius 3 is 2.04 bits per heavy atom. The van der Waals surface area contributed by atoms with Gasteiger partial charge < -0.3 is 4.90 Å². The Bertz CT molecular complexity index is 851. The summed E-state index contributed by atoms with van der Waals surface area (Å²) in [7, 11) is 0. The number of nitrogens with zero attached hydrogens (tertiary/aromatic N) is 2. The number of carbonyl (C=O) groups is 2. The fraction of sp³-hybridized carbons (Fsp3) is 0.222. The number of rotatable bonds is 6. The molecule has 8 nitrogen and oxygen atoms in total. The van der Waals surface area contributed by atoms with E-state index >= 15 is 0 Å². The SMILES string of the molecule is CCN(CC)c1ccc(C(=O)NNC(=O)c2ccc(F)c([N+](=O)[O-])c2)cc1. The van der Waals surface area contributed by atoms with Crippen LogP contribution in [-0.4, -0.2) is 29.8 Å². The average Bonchev–Trinajstić information content (AvgIpc) is 2.67. The minimum atomic E-state index is -1.05. The average molecular weight is 374 g/mol. The van der Waals surface area contributed by atoms with Crippen molar-refractivity contribution in [1.82, 2.24) is 10.9 Å². The number of hydrazine groups is 1. The van der Waals surface area contributed by atoms with Gasteiger partial charge in [0.2, 0.25) is 5.82 Å². The highest BCUT2D eigenvalue weighted by Crippen LogP contribution is 2.18. The predicted molar refractivity (Wildman–Crippen MR) is 98.0 cm³/mol. The zero-order chi connectivity index (χ0) is 20.0. The summed E-state index contributed by atoms with van der Waals surface area (Å²) in [6.45, 7) is 5.72. The molecule has 0 bridgehead atoms. The second kappa shape index (κ2) is 8.75. The molecule has 0 aliphatic rings. The summed E-state index contributed by atoms with van der Waals surface area (Å²) in [5.41, 5.74) is 4.70. The quantitative estimate of drug-likeness (QED) is 0.597. The van der Waals surface area contributed by atoms with Gasteiger partial charge in [0.05, 0.1) is 4.92 Å². The Kier molecular flexibility index (Phi) is 6.42. The molecule has 0 saturated carbocycles. The Morgan fingerprint density at radius 2 is 1.52 bits per heavy atom. The lowest BCUT2D eigenvalue weighted by molar-refractivity contribution is -0.387. The maximum atomic E-state index is 13.3. The van der Waals surface area contributed by atoms with Gasteiger partial charge in [-0.2, -0.15) is 4.39 Å². The summed E-state index contributed by atoms with van der Waals surface area (Å²) >= 11 is 0. The molecule has 0 radical (unpaired) electrons. The van der Waals surface area contributed by atoms with Crippen molar-refractivity contribution in [3.05, 3.63) is 69.5 Å². The molecule has 9 heteroatoms. The molecule has 0 aliphatic heterocycles. The van der Waals surface area contributed by atoms with Crippen LogP contribution in [0.1, 0.15) is 34.6 Å². The van der Waals surface area contributed by atoms with Gasteiger partial charge in [-0.25, -0.2) is 0 Å². The summed E-state index contributed by atoms with van der Waals surface area (Å²) in [6.07, 6.45) is 0. The Hall–Kier alpha value is -3.49. The van der Waals surface area contributed by atoms with Gasteiger partial charge in [0.1, 0.15) is 0 Å². The third-order valence-corrected chi connectivity index (χ3v) is 3.95. The maximum absolute atomic E-state index is 13.3. The smallest absolute Gasteiger partial charge is 0.305 e. The Morgan fingerprint density at radius 1 is 1.00 bits per heavy atom. The molecule has 0 unspecified atom stereocenters. The normalized spacial score (nSPS) is 10.2. The van der Waals surface area contributed by atoms with E-state index < -0.39 is 28.2 Å². The molecule has 2 aromatic carbocycles. The second-order valence-corrected chi connectivity index (χ2v) is 5.55. The molecule has 0 fully saturated rings. The highest BCUT2D eigenvalue weighted by molar-refractivity contribution is 5.99. The first-order valence-electron chi connectivity index (χ1n) is 8.27. The molecule has 27 heavy (non-hydrogen) atoms. The highest BCUT2D eigenvalue weighted by Gasteiger charge is 2.18. The van der Waals surface area contributed by atoms with Gasteiger partial charge in [-0.1, -0.05) is 0 Å². The van der Waals surface area contributed by atoms with Crippen molar-refractivity contribution in [2.75, 3.05) is 18.0 Å². The first kappa shape index (κ1) is 19.8. The first-order chi connectivity index (χ1) is 12.9. The molecular weight excluding hydrogens is 355 g/mol. The maximum Gasteiger partial charge on any atom is 0.305 e. The Balaban J connectivity index is 2.02. The van der Waals surface area contributed by atoms with Crippen LogP contribution in [0.4, 0.5) is 15.8 Å². The number of hydrogen-bond acceptors (Lipinski definition) is 5. The van der Waals surface area contributed by atoms with E-state index in [9.17, 15) is 24.1 Å². The van der Waals surface area contributed by atoms with Crippen LogP contribution in [0.25, 0.3) is 0 Å². The van der Waals surface area contributed by atoms with Gasteiger partial charge in [0.15, 0.2) is 0 Å². The molecule has 0 spiro atoms. The summed E-state index contributed by atoms with van der Waals surface area (Å²) < 4.78 is 13.3. The largest absolute Gasteiger partial charge is 0.372 e. The van der Waals surface area contributed by atoms with Crippen LogP contribution in [0.2, 0.25) is 0 Å². The van der Waals surface area contributed by atoms with E-state index in [4.69, 9.17) is 0 Å². The number of nitrogens with one attached hydrogen (secondary N) is 2. The highest BCUT2D eigenvalue weighted by atomic mass is 19.1. The van der Waals surface area contributed by atoms with Crippen molar-refractivity contribution >= 4 is 23.2 Å². The molecule has 142 valence electrons. The number of carbonyl (C=O) groups excluding carboxylic acids is 2. The van der Waals surface area contributed by atoms with Crippen LogP contribution in [0.3, 0.4) is 0 Å². The van der Waals surface area contributed by atoms with Crippen LogP contribution in [0, 0.1) is 15.9 Å². The third kappa shape index (κ3) is 4.78. The fourth-order valence-electron chi connectivity index (χ4n) is 2.46.